The number of hydrogen-bond donors (Lipinski definition) is 1. The fourth-order valence-electron chi connectivity index (χ4n) is 1.63. The molecule has 0 atom stereocenters. The average molecular weight is 239 g/mol. The topological polar surface area (TPSA) is 57.6 Å². The molecule has 2 heterocycles. The van der Waals surface area contributed by atoms with E-state index in [1.807, 2.05) is 19.9 Å². The molecule has 1 saturated heterocycles. The SMILES string of the molecule is Cc1cc(C(=O)N2CC(C(=O)O)C2)sc1C. The Bertz CT molecular complexity index is 427. The summed E-state index contributed by atoms with van der Waals surface area (Å²) in [5.74, 6) is -1.24. The van der Waals surface area contributed by atoms with Crippen LogP contribution in [0, 0.1) is 19.8 Å². The maximum atomic E-state index is 11.9. The molecule has 1 aromatic rings. The number of likely N-dealkylation sites (tertiary alicyclic amines) is 1. The number of rotatable bonds is 2. The van der Waals surface area contributed by atoms with Gasteiger partial charge in [0.2, 0.25) is 0 Å². The molecule has 0 spiro atoms. The molecule has 0 aromatic carbocycles. The fourth-order valence-corrected chi connectivity index (χ4v) is 2.64. The van der Waals surface area contributed by atoms with E-state index in [0.29, 0.717) is 18.0 Å². The van der Waals surface area contributed by atoms with Crippen molar-refractivity contribution in [3.8, 4) is 0 Å². The third kappa shape index (κ3) is 1.82. The summed E-state index contributed by atoms with van der Waals surface area (Å²) in [4.78, 5) is 25.9. The Hall–Kier alpha value is -1.36. The largest absolute Gasteiger partial charge is 0.481 e. The number of carbonyl (C=O) groups is 2. The zero-order valence-electron chi connectivity index (χ0n) is 9.19. The van der Waals surface area contributed by atoms with Crippen LogP contribution >= 0.6 is 11.3 Å². The third-order valence-corrected chi connectivity index (χ3v) is 4.04. The molecule has 2 rings (SSSR count). The van der Waals surface area contributed by atoms with Gasteiger partial charge >= 0.3 is 5.97 Å². The Morgan fingerprint density at radius 2 is 2.06 bits per heavy atom. The summed E-state index contributed by atoms with van der Waals surface area (Å²) < 4.78 is 0. The van der Waals surface area contributed by atoms with Gasteiger partial charge in [-0.05, 0) is 25.5 Å². The van der Waals surface area contributed by atoms with Crippen molar-refractivity contribution >= 4 is 23.2 Å². The van der Waals surface area contributed by atoms with Crippen molar-refractivity contribution in [3.05, 3.63) is 21.4 Å². The predicted octanol–water partition coefficient (Wildman–Crippen LogP) is 1.52. The first-order valence-electron chi connectivity index (χ1n) is 5.08. The van der Waals surface area contributed by atoms with Gasteiger partial charge in [-0.15, -0.1) is 11.3 Å². The Labute approximate surface area is 97.5 Å². The number of amides is 1. The first-order valence-corrected chi connectivity index (χ1v) is 5.90. The molecule has 1 amide bonds. The lowest BCUT2D eigenvalue weighted by molar-refractivity contribution is -0.146. The highest BCUT2D eigenvalue weighted by Crippen LogP contribution is 2.25. The van der Waals surface area contributed by atoms with E-state index >= 15 is 0 Å². The van der Waals surface area contributed by atoms with Crippen LogP contribution < -0.4 is 0 Å². The summed E-state index contributed by atoms with van der Waals surface area (Å²) in [5.41, 5.74) is 1.11. The van der Waals surface area contributed by atoms with Crippen LogP contribution in [0.2, 0.25) is 0 Å². The maximum Gasteiger partial charge on any atom is 0.310 e. The summed E-state index contributed by atoms with van der Waals surface area (Å²) in [7, 11) is 0. The van der Waals surface area contributed by atoms with Gasteiger partial charge in [0, 0.05) is 18.0 Å². The van der Waals surface area contributed by atoms with Gasteiger partial charge in [0.05, 0.1) is 10.8 Å². The Morgan fingerprint density at radius 3 is 2.50 bits per heavy atom. The fraction of sp³-hybridized carbons (Fsp3) is 0.455. The standard InChI is InChI=1S/C11H13NO3S/c1-6-3-9(16-7(6)2)10(13)12-4-8(5-12)11(14)15/h3,8H,4-5H2,1-2H3,(H,14,15). The number of aryl methyl sites for hydroxylation is 2. The molecule has 1 aromatic heterocycles. The normalized spacial score (nSPS) is 16.0. The van der Waals surface area contributed by atoms with Gasteiger partial charge in [0.15, 0.2) is 0 Å². The highest BCUT2D eigenvalue weighted by atomic mass is 32.1. The Morgan fingerprint density at radius 1 is 1.44 bits per heavy atom. The number of aliphatic carboxylic acids is 1. The molecule has 0 radical (unpaired) electrons. The van der Waals surface area contributed by atoms with E-state index in [0.717, 1.165) is 10.4 Å². The summed E-state index contributed by atoms with van der Waals surface area (Å²) in [6.45, 7) is 4.63. The van der Waals surface area contributed by atoms with Crippen LogP contribution in [-0.4, -0.2) is 35.0 Å². The van der Waals surface area contributed by atoms with Crippen molar-refractivity contribution in [2.45, 2.75) is 13.8 Å². The van der Waals surface area contributed by atoms with E-state index in [9.17, 15) is 9.59 Å². The Balaban J connectivity index is 2.03. The van der Waals surface area contributed by atoms with Gasteiger partial charge in [-0.3, -0.25) is 9.59 Å². The van der Waals surface area contributed by atoms with Crippen molar-refractivity contribution in [1.29, 1.82) is 0 Å². The summed E-state index contributed by atoms with van der Waals surface area (Å²) in [6, 6.07) is 1.87. The number of carbonyl (C=O) groups excluding carboxylic acids is 1. The summed E-state index contributed by atoms with van der Waals surface area (Å²) in [6.07, 6.45) is 0. The highest BCUT2D eigenvalue weighted by molar-refractivity contribution is 7.14. The lowest BCUT2D eigenvalue weighted by atomic mass is 10.0. The summed E-state index contributed by atoms with van der Waals surface area (Å²) in [5, 5.41) is 8.72. The van der Waals surface area contributed by atoms with Gasteiger partial charge in [0.1, 0.15) is 0 Å². The minimum atomic E-state index is -0.817. The molecule has 0 bridgehead atoms. The molecule has 0 aliphatic carbocycles. The van der Waals surface area contributed by atoms with Gasteiger partial charge in [-0.2, -0.15) is 0 Å². The number of nitrogens with zero attached hydrogens (tertiary/aromatic N) is 1. The van der Waals surface area contributed by atoms with E-state index < -0.39 is 5.97 Å². The molecule has 86 valence electrons. The Kier molecular flexibility index (Phi) is 2.71. The van der Waals surface area contributed by atoms with Gasteiger partial charge < -0.3 is 10.0 Å². The van der Waals surface area contributed by atoms with Crippen LogP contribution in [0.3, 0.4) is 0 Å². The van der Waals surface area contributed by atoms with Crippen molar-refractivity contribution in [2.75, 3.05) is 13.1 Å². The van der Waals surface area contributed by atoms with E-state index in [-0.39, 0.29) is 11.8 Å². The van der Waals surface area contributed by atoms with E-state index in [1.54, 1.807) is 4.90 Å². The number of carboxylic acids is 1. The maximum absolute atomic E-state index is 11.9. The minimum absolute atomic E-state index is 0.0429. The number of hydrogen-bond acceptors (Lipinski definition) is 3. The molecule has 5 heteroatoms. The third-order valence-electron chi connectivity index (χ3n) is 2.89. The van der Waals surface area contributed by atoms with Crippen molar-refractivity contribution in [3.63, 3.8) is 0 Å². The molecule has 16 heavy (non-hydrogen) atoms. The molecule has 0 saturated carbocycles. The number of thiophene rings is 1. The van der Waals surface area contributed by atoms with Crippen molar-refractivity contribution in [1.82, 2.24) is 4.90 Å². The second-order valence-corrected chi connectivity index (χ2v) is 5.35. The lowest BCUT2D eigenvalue weighted by Crippen LogP contribution is -2.52. The number of carboxylic acid groups (broad SMARTS) is 1. The molecule has 1 fully saturated rings. The molecule has 1 aliphatic heterocycles. The van der Waals surface area contributed by atoms with Gasteiger partial charge in [-0.1, -0.05) is 0 Å². The van der Waals surface area contributed by atoms with Crippen LogP contribution in [0.4, 0.5) is 0 Å². The second kappa shape index (κ2) is 3.90. The monoisotopic (exact) mass is 239 g/mol. The average Bonchev–Trinajstić information content (AvgIpc) is 2.43. The van der Waals surface area contributed by atoms with Crippen molar-refractivity contribution < 1.29 is 14.7 Å². The van der Waals surface area contributed by atoms with E-state index in [1.165, 1.54) is 11.3 Å². The van der Waals surface area contributed by atoms with Crippen molar-refractivity contribution in [2.24, 2.45) is 5.92 Å². The van der Waals surface area contributed by atoms with Crippen LogP contribution in [0.5, 0.6) is 0 Å². The van der Waals surface area contributed by atoms with Gasteiger partial charge in [-0.25, -0.2) is 0 Å². The second-order valence-electron chi connectivity index (χ2n) is 4.10. The van der Waals surface area contributed by atoms with E-state index in [2.05, 4.69) is 0 Å². The first kappa shape index (κ1) is 11.1. The first-order chi connectivity index (χ1) is 7.49. The van der Waals surface area contributed by atoms with Crippen LogP contribution in [0.15, 0.2) is 6.07 Å². The van der Waals surface area contributed by atoms with Crippen LogP contribution in [0.25, 0.3) is 0 Å². The smallest absolute Gasteiger partial charge is 0.310 e. The summed E-state index contributed by atoms with van der Waals surface area (Å²) >= 11 is 1.47. The molecule has 0 unspecified atom stereocenters. The van der Waals surface area contributed by atoms with Gasteiger partial charge in [0.25, 0.3) is 5.91 Å². The van der Waals surface area contributed by atoms with Crippen LogP contribution in [-0.2, 0) is 4.79 Å². The zero-order valence-corrected chi connectivity index (χ0v) is 10.0. The van der Waals surface area contributed by atoms with E-state index in [4.69, 9.17) is 5.11 Å². The predicted molar refractivity (Wildman–Crippen MR) is 60.8 cm³/mol. The molecule has 4 nitrogen and oxygen atoms in total. The quantitative estimate of drug-likeness (QED) is 0.851. The molecule has 1 aliphatic rings. The molecular weight excluding hydrogens is 226 g/mol. The zero-order chi connectivity index (χ0) is 11.9. The lowest BCUT2D eigenvalue weighted by Gasteiger charge is -2.36. The highest BCUT2D eigenvalue weighted by Gasteiger charge is 2.36. The molecular formula is C11H13NO3S. The minimum Gasteiger partial charge on any atom is -0.481 e. The molecule has 1 N–H and O–H groups in total. The van der Waals surface area contributed by atoms with Crippen LogP contribution in [0.1, 0.15) is 20.1 Å².